The molecule has 9 heteroatoms. The van der Waals surface area contributed by atoms with Crippen LogP contribution in [0.2, 0.25) is 0 Å². The average molecular weight is 436 g/mol. The van der Waals surface area contributed by atoms with Gasteiger partial charge in [-0.3, -0.25) is 4.79 Å². The van der Waals surface area contributed by atoms with Crippen LogP contribution in [0.3, 0.4) is 0 Å². The first-order valence-electron chi connectivity index (χ1n) is 11.2. The van der Waals surface area contributed by atoms with E-state index in [2.05, 4.69) is 39.5 Å². The molecule has 1 aromatic carbocycles. The number of carbonyl (C=O) groups excluding carboxylic acids is 1. The second kappa shape index (κ2) is 8.38. The summed E-state index contributed by atoms with van der Waals surface area (Å²) in [5, 5.41) is 8.78. The van der Waals surface area contributed by atoms with Crippen LogP contribution < -0.4 is 15.8 Å². The zero-order valence-electron chi connectivity index (χ0n) is 18.5. The van der Waals surface area contributed by atoms with Crippen molar-refractivity contribution in [1.29, 1.82) is 0 Å². The van der Waals surface area contributed by atoms with Gasteiger partial charge in [-0.1, -0.05) is 6.42 Å². The number of nitrogens with zero attached hydrogens (tertiary/aromatic N) is 5. The second-order valence-corrected chi connectivity index (χ2v) is 8.92. The molecule has 3 heterocycles. The van der Waals surface area contributed by atoms with Crippen LogP contribution >= 0.6 is 0 Å². The third kappa shape index (κ3) is 3.88. The molecule has 9 nitrogen and oxygen atoms in total. The zero-order chi connectivity index (χ0) is 22.2. The number of amides is 1. The molecule has 1 aliphatic heterocycles. The topological polar surface area (TPSA) is 111 Å². The van der Waals surface area contributed by atoms with Gasteiger partial charge in [0.1, 0.15) is 5.75 Å². The summed E-state index contributed by atoms with van der Waals surface area (Å²) in [5.41, 5.74) is 9.78. The SMILES string of the molecule is COc1cc2c(cc1Nc1ncc3cnn(C4CCCC(C(N)=O)C4)c3n1)CN(C)CC2. The monoisotopic (exact) mass is 435 g/mol. The minimum Gasteiger partial charge on any atom is -0.495 e. The number of rotatable bonds is 5. The molecule has 0 radical (unpaired) electrons. The highest BCUT2D eigenvalue weighted by Crippen LogP contribution is 2.35. The molecule has 0 spiro atoms. The van der Waals surface area contributed by atoms with E-state index in [0.717, 1.165) is 61.2 Å². The molecule has 3 aromatic rings. The van der Waals surface area contributed by atoms with Gasteiger partial charge in [-0.05, 0) is 56.0 Å². The fourth-order valence-electron chi connectivity index (χ4n) is 4.92. The Hall–Kier alpha value is -3.20. The fraction of sp³-hybridized carbons (Fsp3) is 0.478. The van der Waals surface area contributed by atoms with Crippen molar-refractivity contribution in [3.05, 3.63) is 35.7 Å². The Morgan fingerprint density at radius 3 is 2.94 bits per heavy atom. The number of methoxy groups -OCH3 is 1. The molecule has 1 aliphatic carbocycles. The van der Waals surface area contributed by atoms with Crippen LogP contribution in [0.25, 0.3) is 11.0 Å². The van der Waals surface area contributed by atoms with Crippen molar-refractivity contribution in [2.24, 2.45) is 11.7 Å². The Morgan fingerprint density at radius 1 is 1.25 bits per heavy atom. The van der Waals surface area contributed by atoms with E-state index in [-0.39, 0.29) is 17.9 Å². The number of primary amides is 1. The van der Waals surface area contributed by atoms with Gasteiger partial charge in [-0.15, -0.1) is 0 Å². The summed E-state index contributed by atoms with van der Waals surface area (Å²) in [6, 6.07) is 4.35. The van der Waals surface area contributed by atoms with Crippen LogP contribution in [0.4, 0.5) is 11.6 Å². The lowest BCUT2D eigenvalue weighted by molar-refractivity contribution is -0.123. The van der Waals surface area contributed by atoms with Gasteiger partial charge >= 0.3 is 0 Å². The van der Waals surface area contributed by atoms with Crippen LogP contribution in [0.5, 0.6) is 5.75 Å². The van der Waals surface area contributed by atoms with E-state index in [1.54, 1.807) is 19.5 Å². The van der Waals surface area contributed by atoms with Gasteiger partial charge in [0, 0.05) is 25.2 Å². The Bertz CT molecular complexity index is 1160. The number of carbonyl (C=O) groups is 1. The minimum absolute atomic E-state index is 0.106. The summed E-state index contributed by atoms with van der Waals surface area (Å²) in [5.74, 6) is 0.935. The van der Waals surface area contributed by atoms with Gasteiger partial charge < -0.3 is 20.7 Å². The van der Waals surface area contributed by atoms with Crippen molar-refractivity contribution in [3.8, 4) is 5.75 Å². The standard InChI is InChI=1S/C23H29N7O2/c1-29-7-6-14-10-20(32-2)19(9-16(14)13-29)27-23-25-11-17-12-26-30(22(17)28-23)18-5-3-4-15(8-18)21(24)31/h9-12,15,18H,3-8,13H2,1-2H3,(H2,24,31)(H,25,27,28). The molecule has 2 atom stereocenters. The second-order valence-electron chi connectivity index (χ2n) is 8.92. The maximum atomic E-state index is 11.7. The van der Waals surface area contributed by atoms with E-state index in [4.69, 9.17) is 15.5 Å². The summed E-state index contributed by atoms with van der Waals surface area (Å²) in [7, 11) is 3.81. The summed E-state index contributed by atoms with van der Waals surface area (Å²) < 4.78 is 7.57. The first kappa shape index (κ1) is 20.7. The highest BCUT2D eigenvalue weighted by atomic mass is 16.5. The third-order valence-electron chi connectivity index (χ3n) is 6.70. The van der Waals surface area contributed by atoms with Crippen molar-refractivity contribution in [2.75, 3.05) is 26.0 Å². The van der Waals surface area contributed by atoms with Crippen molar-refractivity contribution < 1.29 is 9.53 Å². The average Bonchev–Trinajstić information content (AvgIpc) is 3.22. The van der Waals surface area contributed by atoms with Gasteiger partial charge in [0.25, 0.3) is 0 Å². The summed E-state index contributed by atoms with van der Waals surface area (Å²) in [6.07, 6.45) is 8.03. The fourth-order valence-corrected chi connectivity index (χ4v) is 4.92. The highest BCUT2D eigenvalue weighted by Gasteiger charge is 2.28. The van der Waals surface area contributed by atoms with E-state index >= 15 is 0 Å². The Labute approximate surface area is 187 Å². The van der Waals surface area contributed by atoms with Crippen LogP contribution in [0.15, 0.2) is 24.5 Å². The van der Waals surface area contributed by atoms with Crippen molar-refractivity contribution in [2.45, 2.75) is 44.7 Å². The Balaban J connectivity index is 1.45. The van der Waals surface area contributed by atoms with Crippen LogP contribution in [0.1, 0.15) is 42.9 Å². The van der Waals surface area contributed by atoms with Crippen LogP contribution in [-0.4, -0.2) is 51.3 Å². The molecule has 0 bridgehead atoms. The minimum atomic E-state index is -0.228. The molecule has 0 saturated heterocycles. The number of benzene rings is 1. The number of hydrogen-bond acceptors (Lipinski definition) is 7. The number of ether oxygens (including phenoxy) is 1. The number of hydrogen-bond donors (Lipinski definition) is 2. The van der Waals surface area contributed by atoms with Crippen LogP contribution in [-0.2, 0) is 17.8 Å². The molecule has 32 heavy (non-hydrogen) atoms. The van der Waals surface area contributed by atoms with Gasteiger partial charge in [0.15, 0.2) is 5.65 Å². The van der Waals surface area contributed by atoms with E-state index in [0.29, 0.717) is 12.4 Å². The summed E-state index contributed by atoms with van der Waals surface area (Å²) >= 11 is 0. The Morgan fingerprint density at radius 2 is 2.12 bits per heavy atom. The van der Waals surface area contributed by atoms with Crippen molar-refractivity contribution in [3.63, 3.8) is 0 Å². The number of anilines is 2. The van der Waals surface area contributed by atoms with Crippen molar-refractivity contribution >= 4 is 28.6 Å². The first-order chi connectivity index (χ1) is 15.5. The first-order valence-corrected chi connectivity index (χ1v) is 11.2. The molecule has 1 fully saturated rings. The lowest BCUT2D eigenvalue weighted by Crippen LogP contribution is -2.30. The van der Waals surface area contributed by atoms with Gasteiger partial charge in [0.05, 0.1) is 30.4 Å². The van der Waals surface area contributed by atoms with E-state index < -0.39 is 0 Å². The Kier molecular flexibility index (Phi) is 5.42. The number of nitrogens with two attached hydrogens (primary N) is 1. The molecule has 2 aromatic heterocycles. The number of fused-ring (bicyclic) bond motifs is 2. The lowest BCUT2D eigenvalue weighted by Gasteiger charge is -2.27. The lowest BCUT2D eigenvalue weighted by atomic mass is 9.85. The summed E-state index contributed by atoms with van der Waals surface area (Å²) in [6.45, 7) is 1.95. The predicted molar refractivity (Wildman–Crippen MR) is 122 cm³/mol. The number of nitrogens with one attached hydrogen (secondary N) is 1. The molecule has 1 saturated carbocycles. The van der Waals surface area contributed by atoms with Gasteiger partial charge in [-0.2, -0.15) is 10.1 Å². The zero-order valence-corrected chi connectivity index (χ0v) is 18.5. The van der Waals surface area contributed by atoms with Gasteiger partial charge in [-0.25, -0.2) is 9.67 Å². The maximum absolute atomic E-state index is 11.7. The molecule has 2 aliphatic rings. The molecule has 5 rings (SSSR count). The predicted octanol–water partition coefficient (Wildman–Crippen LogP) is 2.78. The van der Waals surface area contributed by atoms with Crippen LogP contribution in [0, 0.1) is 5.92 Å². The van der Waals surface area contributed by atoms with Gasteiger partial charge in [0.2, 0.25) is 11.9 Å². The molecular weight excluding hydrogens is 406 g/mol. The largest absolute Gasteiger partial charge is 0.495 e. The van der Waals surface area contributed by atoms with Crippen molar-refractivity contribution in [1.82, 2.24) is 24.6 Å². The molecular formula is C23H29N7O2. The van der Waals surface area contributed by atoms with E-state index in [1.807, 2.05) is 4.68 Å². The smallest absolute Gasteiger partial charge is 0.229 e. The maximum Gasteiger partial charge on any atom is 0.229 e. The molecule has 2 unspecified atom stereocenters. The number of likely N-dealkylation sites (N-methyl/N-ethyl adjacent to an activating group) is 1. The van der Waals surface area contributed by atoms with E-state index in [1.165, 1.54) is 11.1 Å². The normalized spacial score (nSPS) is 21.3. The molecule has 3 N–H and O–H groups in total. The highest BCUT2D eigenvalue weighted by molar-refractivity contribution is 5.77. The third-order valence-corrected chi connectivity index (χ3v) is 6.70. The summed E-state index contributed by atoms with van der Waals surface area (Å²) in [4.78, 5) is 23.3. The molecule has 1 amide bonds. The number of aromatic nitrogens is 4. The van der Waals surface area contributed by atoms with E-state index in [9.17, 15) is 4.79 Å². The quantitative estimate of drug-likeness (QED) is 0.634. The molecule has 168 valence electrons.